The fourth-order valence-corrected chi connectivity index (χ4v) is 3.87. The van der Waals surface area contributed by atoms with Crippen molar-refractivity contribution in [1.29, 1.82) is 0 Å². The largest absolute Gasteiger partial charge is 0.496 e. The number of hydrogen-bond donors (Lipinski definition) is 3. The zero-order chi connectivity index (χ0) is 20.1. The van der Waals surface area contributed by atoms with Gasteiger partial charge in [0.15, 0.2) is 5.96 Å². The van der Waals surface area contributed by atoms with Crippen LogP contribution in [0.5, 0.6) is 5.75 Å². The zero-order valence-electron chi connectivity index (χ0n) is 15.4. The number of benzene rings is 1. The smallest absolute Gasteiger partial charge is 0.342 e. The van der Waals surface area contributed by atoms with Gasteiger partial charge in [0.25, 0.3) is 0 Å². The van der Waals surface area contributed by atoms with Gasteiger partial charge in [-0.1, -0.05) is 0 Å². The van der Waals surface area contributed by atoms with Crippen molar-refractivity contribution in [2.24, 2.45) is 22.2 Å². The van der Waals surface area contributed by atoms with Gasteiger partial charge in [0.1, 0.15) is 16.7 Å². The van der Waals surface area contributed by atoms with Gasteiger partial charge in [-0.15, -0.1) is 0 Å². The number of carbonyl (C=O) groups excluding carboxylic acids is 1. The molecule has 0 radical (unpaired) electrons. The quantitative estimate of drug-likeness (QED) is 0.248. The molecule has 1 aromatic carbocycles. The lowest BCUT2D eigenvalue weighted by molar-refractivity contribution is -0.135. The average molecular weight is 386 g/mol. The first-order valence-corrected chi connectivity index (χ1v) is 9.36. The third-order valence-corrected chi connectivity index (χ3v) is 5.42. The second-order valence-corrected chi connectivity index (χ2v) is 7.37. The van der Waals surface area contributed by atoms with Crippen LogP contribution in [0.4, 0.5) is 0 Å². The molecule has 9 nitrogen and oxygen atoms in total. The number of nitrogens with zero attached hydrogens (tertiary/aromatic N) is 1. The number of ether oxygens (including phenoxy) is 1. The normalized spacial score (nSPS) is 12.3. The minimum absolute atomic E-state index is 0.0585. The van der Waals surface area contributed by atoms with Crippen molar-refractivity contribution in [1.82, 2.24) is 0 Å². The summed E-state index contributed by atoms with van der Waals surface area (Å²) in [6.07, 6.45) is 0.596. The second kappa shape index (κ2) is 8.86. The lowest BCUT2D eigenvalue weighted by atomic mass is 10.1. The number of hydrogen-bond acceptors (Lipinski definition) is 7. The monoisotopic (exact) mass is 386 g/mol. The first kappa shape index (κ1) is 21.7. The number of nitrogens with two attached hydrogens (primary N) is 3. The van der Waals surface area contributed by atoms with Crippen molar-refractivity contribution < 1.29 is 22.1 Å². The molecular weight excluding hydrogens is 360 g/mol. The maximum absolute atomic E-state index is 12.6. The summed E-state index contributed by atoms with van der Waals surface area (Å²) in [5.41, 5.74) is 17.6. The van der Waals surface area contributed by atoms with Gasteiger partial charge in [-0.05, 0) is 56.4 Å². The molecule has 0 fully saturated rings. The van der Waals surface area contributed by atoms with Crippen LogP contribution in [0.2, 0.25) is 0 Å². The SMILES string of the molecule is COc1cc(C)c(S(=O)(=O)OC(=O)[C@@H](N)CCCN=C(N)N)c(C)c1C. The minimum Gasteiger partial charge on any atom is -0.496 e. The van der Waals surface area contributed by atoms with Crippen molar-refractivity contribution in [2.75, 3.05) is 13.7 Å². The van der Waals surface area contributed by atoms with Crippen LogP contribution >= 0.6 is 0 Å². The van der Waals surface area contributed by atoms with E-state index in [4.69, 9.17) is 26.1 Å². The predicted octanol–water partition coefficient (Wildman–Crippen LogP) is 0.233. The Bertz CT molecular complexity index is 801. The Balaban J connectivity index is 2.94. The molecule has 0 aromatic heterocycles. The second-order valence-electron chi connectivity index (χ2n) is 5.89. The van der Waals surface area contributed by atoms with Crippen molar-refractivity contribution in [3.05, 3.63) is 22.8 Å². The summed E-state index contributed by atoms with van der Waals surface area (Å²) in [7, 11) is -2.81. The minimum atomic E-state index is -4.31. The molecular formula is C16H26N4O5S. The van der Waals surface area contributed by atoms with E-state index in [1.807, 2.05) is 0 Å². The number of rotatable bonds is 8. The Kier molecular flexibility index (Phi) is 7.40. The predicted molar refractivity (Wildman–Crippen MR) is 98.4 cm³/mol. The first-order chi connectivity index (χ1) is 12.0. The average Bonchev–Trinajstić information content (AvgIpc) is 2.53. The summed E-state index contributed by atoms with van der Waals surface area (Å²) in [5, 5.41) is 0. The molecule has 0 unspecified atom stereocenters. The van der Waals surface area contributed by atoms with Crippen LogP contribution in [0.15, 0.2) is 16.0 Å². The number of guanidine groups is 1. The fourth-order valence-electron chi connectivity index (χ4n) is 2.47. The molecule has 0 bridgehead atoms. The van der Waals surface area contributed by atoms with Gasteiger partial charge in [0, 0.05) is 6.54 Å². The van der Waals surface area contributed by atoms with Crippen molar-refractivity contribution in [2.45, 2.75) is 44.6 Å². The molecule has 6 N–H and O–H groups in total. The van der Waals surface area contributed by atoms with E-state index in [0.717, 1.165) is 0 Å². The van der Waals surface area contributed by atoms with Crippen LogP contribution < -0.4 is 21.9 Å². The van der Waals surface area contributed by atoms with E-state index in [-0.39, 0.29) is 23.8 Å². The molecule has 0 spiro atoms. The maximum atomic E-state index is 12.6. The highest BCUT2D eigenvalue weighted by Gasteiger charge is 2.29. The van der Waals surface area contributed by atoms with E-state index in [1.54, 1.807) is 26.8 Å². The van der Waals surface area contributed by atoms with Crippen LogP contribution in [-0.4, -0.2) is 40.0 Å². The summed E-state index contributed by atoms with van der Waals surface area (Å²) in [6.45, 7) is 5.24. The standard InChI is InChI=1S/C16H26N4O5S/c1-9-8-13(24-4)10(2)11(3)14(9)26(22,23)25-15(21)12(17)6-5-7-20-16(18)19/h8,12H,5-7,17H2,1-4H3,(H4,18,19,20)/t12-/m0/s1. The summed E-state index contributed by atoms with van der Waals surface area (Å²) >= 11 is 0. The molecule has 146 valence electrons. The molecule has 10 heteroatoms. The molecule has 0 saturated heterocycles. The number of aryl methyl sites for hydroxylation is 1. The Hall–Kier alpha value is -2.33. The van der Waals surface area contributed by atoms with Gasteiger partial charge in [-0.25, -0.2) is 4.79 Å². The van der Waals surface area contributed by atoms with E-state index in [1.165, 1.54) is 7.11 Å². The third kappa shape index (κ3) is 5.33. The summed E-state index contributed by atoms with van der Waals surface area (Å²) in [5.74, 6) is -0.534. The molecule has 0 saturated carbocycles. The van der Waals surface area contributed by atoms with Crippen LogP contribution in [0, 0.1) is 20.8 Å². The number of methoxy groups -OCH3 is 1. The summed E-state index contributed by atoms with van der Waals surface area (Å²) < 4.78 is 35.1. The van der Waals surface area contributed by atoms with Gasteiger partial charge < -0.3 is 26.1 Å². The lowest BCUT2D eigenvalue weighted by Gasteiger charge is -2.17. The van der Waals surface area contributed by atoms with Crippen LogP contribution in [0.3, 0.4) is 0 Å². The van der Waals surface area contributed by atoms with Crippen LogP contribution in [0.25, 0.3) is 0 Å². The Morgan fingerprint density at radius 1 is 1.23 bits per heavy atom. The van der Waals surface area contributed by atoms with Gasteiger partial charge in [0.05, 0.1) is 7.11 Å². The fraction of sp³-hybridized carbons (Fsp3) is 0.500. The van der Waals surface area contributed by atoms with Crippen LogP contribution in [-0.2, 0) is 19.1 Å². The van der Waals surface area contributed by atoms with Gasteiger partial charge >= 0.3 is 16.1 Å². The highest BCUT2D eigenvalue weighted by Crippen LogP contribution is 2.31. The van der Waals surface area contributed by atoms with E-state index in [9.17, 15) is 13.2 Å². The number of aliphatic imine (C=N–C) groups is 1. The molecule has 1 aromatic rings. The lowest BCUT2D eigenvalue weighted by Crippen LogP contribution is -2.34. The Labute approximate surface area is 153 Å². The molecule has 1 atom stereocenters. The molecule has 0 amide bonds. The summed E-state index contributed by atoms with van der Waals surface area (Å²) in [4.78, 5) is 15.8. The maximum Gasteiger partial charge on any atom is 0.342 e. The van der Waals surface area contributed by atoms with Crippen molar-refractivity contribution in [3.63, 3.8) is 0 Å². The number of carbonyl (C=O) groups is 1. The van der Waals surface area contributed by atoms with Gasteiger partial charge in [-0.3, -0.25) is 4.99 Å². The molecule has 0 aliphatic carbocycles. The first-order valence-electron chi connectivity index (χ1n) is 7.95. The van der Waals surface area contributed by atoms with E-state index >= 15 is 0 Å². The highest BCUT2D eigenvalue weighted by molar-refractivity contribution is 7.87. The van der Waals surface area contributed by atoms with E-state index in [2.05, 4.69) is 4.99 Å². The zero-order valence-corrected chi connectivity index (χ0v) is 16.2. The molecule has 0 aliphatic rings. The van der Waals surface area contributed by atoms with Gasteiger partial charge in [0.2, 0.25) is 0 Å². The van der Waals surface area contributed by atoms with Crippen molar-refractivity contribution in [3.8, 4) is 5.75 Å². The Morgan fingerprint density at radius 2 is 1.85 bits per heavy atom. The Morgan fingerprint density at radius 3 is 2.38 bits per heavy atom. The van der Waals surface area contributed by atoms with Gasteiger partial charge in [-0.2, -0.15) is 8.42 Å². The van der Waals surface area contributed by atoms with E-state index < -0.39 is 22.1 Å². The molecule has 1 rings (SSSR count). The molecule has 26 heavy (non-hydrogen) atoms. The van der Waals surface area contributed by atoms with Crippen molar-refractivity contribution >= 4 is 22.0 Å². The van der Waals surface area contributed by atoms with Crippen LogP contribution in [0.1, 0.15) is 29.5 Å². The summed E-state index contributed by atoms with van der Waals surface area (Å²) in [6, 6.07) is 0.483. The topological polar surface area (TPSA) is 160 Å². The van der Waals surface area contributed by atoms with E-state index in [0.29, 0.717) is 28.9 Å². The third-order valence-electron chi connectivity index (χ3n) is 3.91. The molecule has 0 heterocycles. The highest BCUT2D eigenvalue weighted by atomic mass is 32.2. The molecule has 0 aliphatic heterocycles.